The predicted octanol–water partition coefficient (Wildman–Crippen LogP) is -1.68. The maximum absolute atomic E-state index is 10.8. The molecule has 0 spiro atoms. The van der Waals surface area contributed by atoms with Gasteiger partial charge in [-0.3, -0.25) is 18.9 Å². The van der Waals surface area contributed by atoms with Crippen molar-refractivity contribution in [1.82, 2.24) is 9.55 Å². The fraction of sp³-hybridized carbons (Fsp3) is 0.200. The monoisotopic (exact) mass is 206 g/mol. The van der Waals surface area contributed by atoms with Crippen LogP contribution >= 0.6 is 0 Å². The quantitative estimate of drug-likeness (QED) is 0.421. The molecule has 0 amide bonds. The molecule has 0 aliphatic carbocycles. The summed E-state index contributed by atoms with van der Waals surface area (Å²) < 4.78 is 30.4. The van der Waals surface area contributed by atoms with E-state index in [2.05, 4.69) is 0 Å². The van der Waals surface area contributed by atoms with Crippen molar-refractivity contribution >= 4 is 10.1 Å². The minimum absolute atomic E-state index is 0.622. The molecule has 0 saturated carbocycles. The molecule has 0 fully saturated rings. The highest BCUT2D eigenvalue weighted by Crippen LogP contribution is 1.99. The Morgan fingerprint density at radius 1 is 1.46 bits per heavy atom. The van der Waals surface area contributed by atoms with E-state index in [4.69, 9.17) is 4.55 Å². The van der Waals surface area contributed by atoms with E-state index in [1.807, 2.05) is 4.98 Å². The summed E-state index contributed by atoms with van der Waals surface area (Å²) in [5, 5.41) is -0.735. The van der Waals surface area contributed by atoms with Gasteiger partial charge in [0.15, 0.2) is 5.03 Å². The van der Waals surface area contributed by atoms with E-state index >= 15 is 0 Å². The van der Waals surface area contributed by atoms with Gasteiger partial charge in [0, 0.05) is 13.1 Å². The maximum Gasteiger partial charge on any atom is 0.329 e. The molecule has 1 aromatic rings. The Morgan fingerprint density at radius 2 is 2.00 bits per heavy atom. The Kier molecular flexibility index (Phi) is 2.10. The molecule has 0 bridgehead atoms. The van der Waals surface area contributed by atoms with Gasteiger partial charge in [-0.1, -0.05) is 0 Å². The second kappa shape index (κ2) is 2.82. The lowest BCUT2D eigenvalue weighted by molar-refractivity contribution is 0.470. The highest BCUT2D eigenvalue weighted by atomic mass is 32.2. The van der Waals surface area contributed by atoms with Crippen molar-refractivity contribution in [2.24, 2.45) is 7.05 Å². The number of rotatable bonds is 1. The van der Waals surface area contributed by atoms with Crippen molar-refractivity contribution in [3.63, 3.8) is 0 Å². The Bertz CT molecular complexity index is 537. The molecular formula is C5H6N2O5S. The van der Waals surface area contributed by atoms with Crippen LogP contribution in [-0.2, 0) is 17.2 Å². The van der Waals surface area contributed by atoms with Crippen LogP contribution in [0.25, 0.3) is 0 Å². The standard InChI is InChI=1S/C5H6N2O5S/c1-7-4(13(10,11)12)2-3(8)6-5(7)9/h2H,1H3,(H,6,8,9)(H,10,11,12). The molecule has 7 nitrogen and oxygen atoms in total. The third-order valence-electron chi connectivity index (χ3n) is 1.38. The minimum Gasteiger partial charge on any atom is -0.285 e. The van der Waals surface area contributed by atoms with Gasteiger partial charge in [0.1, 0.15) is 0 Å². The van der Waals surface area contributed by atoms with Crippen LogP contribution in [0.3, 0.4) is 0 Å². The Morgan fingerprint density at radius 3 is 2.46 bits per heavy atom. The molecule has 0 radical (unpaired) electrons. The van der Waals surface area contributed by atoms with Crippen LogP contribution in [0.15, 0.2) is 20.7 Å². The minimum atomic E-state index is -4.54. The third kappa shape index (κ3) is 1.84. The van der Waals surface area contributed by atoms with E-state index in [0.29, 0.717) is 10.6 Å². The zero-order valence-corrected chi connectivity index (χ0v) is 7.33. The van der Waals surface area contributed by atoms with Crippen molar-refractivity contribution in [2.45, 2.75) is 5.03 Å². The Labute approximate surface area is 72.4 Å². The van der Waals surface area contributed by atoms with Gasteiger partial charge in [-0.15, -0.1) is 0 Å². The maximum atomic E-state index is 10.8. The van der Waals surface area contributed by atoms with E-state index in [9.17, 15) is 18.0 Å². The van der Waals surface area contributed by atoms with Crippen LogP contribution in [0.1, 0.15) is 0 Å². The first-order valence-electron chi connectivity index (χ1n) is 3.10. The lowest BCUT2D eigenvalue weighted by Crippen LogP contribution is -2.31. The highest BCUT2D eigenvalue weighted by molar-refractivity contribution is 7.85. The summed E-state index contributed by atoms with van der Waals surface area (Å²) in [4.78, 5) is 23.3. The van der Waals surface area contributed by atoms with Crippen LogP contribution in [0, 0.1) is 0 Å². The average Bonchev–Trinajstić information content (AvgIpc) is 1.94. The molecule has 0 aromatic carbocycles. The summed E-state index contributed by atoms with van der Waals surface area (Å²) in [7, 11) is -3.42. The number of nitrogens with zero attached hydrogens (tertiary/aromatic N) is 1. The van der Waals surface area contributed by atoms with Gasteiger partial charge in [0.2, 0.25) is 0 Å². The topological polar surface area (TPSA) is 109 Å². The highest BCUT2D eigenvalue weighted by Gasteiger charge is 2.14. The van der Waals surface area contributed by atoms with Crippen molar-refractivity contribution in [3.8, 4) is 0 Å². The number of H-pyrrole nitrogens is 1. The zero-order chi connectivity index (χ0) is 10.2. The third-order valence-corrected chi connectivity index (χ3v) is 2.30. The fourth-order valence-corrected chi connectivity index (χ4v) is 1.47. The molecule has 8 heteroatoms. The SMILES string of the molecule is Cn1c(S(=O)(=O)O)cc(=O)[nH]c1=O. The van der Waals surface area contributed by atoms with E-state index in [1.165, 1.54) is 0 Å². The van der Waals surface area contributed by atoms with E-state index in [1.54, 1.807) is 0 Å². The number of hydrogen-bond acceptors (Lipinski definition) is 4. The molecule has 2 N–H and O–H groups in total. The van der Waals surface area contributed by atoms with Crippen molar-refractivity contribution in [3.05, 3.63) is 26.9 Å². The first kappa shape index (κ1) is 9.68. The van der Waals surface area contributed by atoms with E-state index in [0.717, 1.165) is 7.05 Å². The molecular weight excluding hydrogens is 200 g/mol. The van der Waals surface area contributed by atoms with Crippen molar-refractivity contribution < 1.29 is 13.0 Å². The van der Waals surface area contributed by atoms with E-state index < -0.39 is 26.4 Å². The zero-order valence-electron chi connectivity index (χ0n) is 6.51. The summed E-state index contributed by atoms with van der Waals surface area (Å²) in [6.45, 7) is 0. The van der Waals surface area contributed by atoms with Crippen LogP contribution < -0.4 is 11.2 Å². The molecule has 1 heterocycles. The number of aromatic nitrogens is 2. The smallest absolute Gasteiger partial charge is 0.285 e. The first-order valence-corrected chi connectivity index (χ1v) is 4.54. The van der Waals surface area contributed by atoms with Gasteiger partial charge in [0.05, 0.1) is 0 Å². The Balaban J connectivity index is 3.76. The first-order chi connectivity index (χ1) is 5.82. The molecule has 0 aliphatic rings. The van der Waals surface area contributed by atoms with E-state index in [-0.39, 0.29) is 0 Å². The van der Waals surface area contributed by atoms with Crippen molar-refractivity contribution in [1.29, 1.82) is 0 Å². The molecule has 72 valence electrons. The van der Waals surface area contributed by atoms with Gasteiger partial charge in [-0.25, -0.2) is 4.79 Å². The fourth-order valence-electron chi connectivity index (χ4n) is 0.782. The van der Waals surface area contributed by atoms with Crippen LogP contribution in [0.4, 0.5) is 0 Å². The molecule has 0 saturated heterocycles. The summed E-state index contributed by atoms with van der Waals surface area (Å²) in [6, 6.07) is 0.622. The average molecular weight is 206 g/mol. The molecule has 0 atom stereocenters. The van der Waals surface area contributed by atoms with Gasteiger partial charge < -0.3 is 0 Å². The second-order valence-electron chi connectivity index (χ2n) is 2.31. The number of hydrogen-bond donors (Lipinski definition) is 2. The number of nitrogens with one attached hydrogen (secondary N) is 1. The Hall–Kier alpha value is -1.41. The molecule has 0 aliphatic heterocycles. The molecule has 0 unspecified atom stereocenters. The second-order valence-corrected chi connectivity index (χ2v) is 3.68. The summed E-state index contributed by atoms with van der Waals surface area (Å²) in [5.74, 6) is 0. The normalized spacial score (nSPS) is 11.5. The largest absolute Gasteiger partial charge is 0.329 e. The van der Waals surface area contributed by atoms with Crippen molar-refractivity contribution in [2.75, 3.05) is 0 Å². The van der Waals surface area contributed by atoms with Crippen LogP contribution in [0.2, 0.25) is 0 Å². The lowest BCUT2D eigenvalue weighted by atomic mass is 10.6. The molecule has 1 rings (SSSR count). The lowest BCUT2D eigenvalue weighted by Gasteiger charge is -2.01. The van der Waals surface area contributed by atoms with Gasteiger partial charge in [-0.05, 0) is 0 Å². The van der Waals surface area contributed by atoms with Crippen LogP contribution in [-0.4, -0.2) is 22.5 Å². The van der Waals surface area contributed by atoms with Gasteiger partial charge in [0.25, 0.3) is 5.56 Å². The van der Waals surface area contributed by atoms with Gasteiger partial charge >= 0.3 is 15.8 Å². The predicted molar refractivity (Wildman–Crippen MR) is 42.1 cm³/mol. The number of aromatic amines is 1. The van der Waals surface area contributed by atoms with Gasteiger partial charge in [-0.2, -0.15) is 8.42 Å². The summed E-state index contributed by atoms with van der Waals surface area (Å²) in [6.07, 6.45) is 0. The molecule has 13 heavy (non-hydrogen) atoms. The molecule has 1 aromatic heterocycles. The van der Waals surface area contributed by atoms with Crippen LogP contribution in [0.5, 0.6) is 0 Å². The summed E-state index contributed by atoms with van der Waals surface area (Å²) in [5.41, 5.74) is -1.78. The summed E-state index contributed by atoms with van der Waals surface area (Å²) >= 11 is 0.